The Balaban J connectivity index is 1.38. The number of amides is 1. The zero-order valence-corrected chi connectivity index (χ0v) is 18.0. The summed E-state index contributed by atoms with van der Waals surface area (Å²) in [7, 11) is 0. The molecule has 1 amide bonds. The Bertz CT molecular complexity index is 903. The molecule has 0 spiro atoms. The van der Waals surface area contributed by atoms with Crippen LogP contribution in [0, 0.1) is 0 Å². The third kappa shape index (κ3) is 4.36. The number of fused-ring (bicyclic) bond motifs is 1. The summed E-state index contributed by atoms with van der Waals surface area (Å²) >= 11 is 0. The fourth-order valence-corrected chi connectivity index (χ4v) is 3.90. The van der Waals surface area contributed by atoms with E-state index < -0.39 is 0 Å². The average molecular weight is 412 g/mol. The van der Waals surface area contributed by atoms with Crippen molar-refractivity contribution in [1.29, 1.82) is 0 Å². The summed E-state index contributed by atoms with van der Waals surface area (Å²) in [4.78, 5) is 19.4. The van der Waals surface area contributed by atoms with Gasteiger partial charge in [0.1, 0.15) is 5.82 Å². The van der Waals surface area contributed by atoms with E-state index in [1.54, 1.807) is 6.20 Å². The molecule has 2 aromatic rings. The highest BCUT2D eigenvalue weighted by atomic mass is 16.7. The predicted molar refractivity (Wildman–Crippen MR) is 114 cm³/mol. The molecule has 0 aliphatic carbocycles. The number of pyridine rings is 1. The first-order valence-electron chi connectivity index (χ1n) is 10.4. The molecule has 4 rings (SSSR count). The maximum absolute atomic E-state index is 12.7. The van der Waals surface area contributed by atoms with E-state index >= 15 is 0 Å². The lowest BCUT2D eigenvalue weighted by atomic mass is 9.84. The second kappa shape index (κ2) is 8.14. The molecule has 1 N–H and O–H groups in total. The Morgan fingerprint density at radius 2 is 1.87 bits per heavy atom. The molecule has 2 aliphatic heterocycles. The lowest BCUT2D eigenvalue weighted by molar-refractivity contribution is -0.00546. The van der Waals surface area contributed by atoms with Crippen molar-refractivity contribution in [2.75, 3.05) is 31.3 Å². The molecule has 2 aliphatic rings. The Hall–Kier alpha value is -2.80. The second-order valence-corrected chi connectivity index (χ2v) is 8.70. The van der Waals surface area contributed by atoms with Gasteiger partial charge in [-0.05, 0) is 43.7 Å². The number of benzene rings is 1. The van der Waals surface area contributed by atoms with Crippen LogP contribution in [0.15, 0.2) is 36.5 Å². The molecule has 0 radical (unpaired) electrons. The number of carbonyl (C=O) groups excluding carboxylic acids is 1. The zero-order chi connectivity index (χ0) is 21.3. The standard InChI is InChI=1S/C23H29N3O4/c1-15-11-26(12-16(2)30-15)21-8-5-17(10-24-21)22(27)25-13-23(3,4)18-6-7-19-20(9-18)29-14-28-19/h5-10,15-16H,11-14H2,1-4H3,(H,25,27)/t15-,16-/m0/s1. The van der Waals surface area contributed by atoms with Gasteiger partial charge in [0.05, 0.1) is 17.8 Å². The average Bonchev–Trinajstić information content (AvgIpc) is 3.19. The van der Waals surface area contributed by atoms with Gasteiger partial charge in [-0.15, -0.1) is 0 Å². The number of rotatable bonds is 5. The first-order chi connectivity index (χ1) is 14.3. The van der Waals surface area contributed by atoms with E-state index in [0.717, 1.165) is 36.0 Å². The van der Waals surface area contributed by atoms with Gasteiger partial charge in [0.15, 0.2) is 11.5 Å². The Labute approximate surface area is 177 Å². The Morgan fingerprint density at radius 1 is 1.13 bits per heavy atom. The van der Waals surface area contributed by atoms with Gasteiger partial charge in [0, 0.05) is 31.2 Å². The summed E-state index contributed by atoms with van der Waals surface area (Å²) in [6, 6.07) is 9.64. The monoisotopic (exact) mass is 411 g/mol. The van der Waals surface area contributed by atoms with Crippen LogP contribution in [0.25, 0.3) is 0 Å². The van der Waals surface area contributed by atoms with Crippen LogP contribution in [0.2, 0.25) is 0 Å². The largest absolute Gasteiger partial charge is 0.454 e. The second-order valence-electron chi connectivity index (χ2n) is 8.70. The highest BCUT2D eigenvalue weighted by molar-refractivity contribution is 5.94. The summed E-state index contributed by atoms with van der Waals surface area (Å²) in [6.45, 7) is 10.6. The van der Waals surface area contributed by atoms with E-state index in [9.17, 15) is 4.79 Å². The van der Waals surface area contributed by atoms with Crippen LogP contribution in [0.3, 0.4) is 0 Å². The molecule has 0 bridgehead atoms. The first-order valence-corrected chi connectivity index (χ1v) is 10.4. The van der Waals surface area contributed by atoms with Crippen molar-refractivity contribution >= 4 is 11.7 Å². The maximum Gasteiger partial charge on any atom is 0.252 e. The van der Waals surface area contributed by atoms with Gasteiger partial charge in [-0.25, -0.2) is 4.98 Å². The number of morpholine rings is 1. The predicted octanol–water partition coefficient (Wildman–Crippen LogP) is 3.13. The van der Waals surface area contributed by atoms with Crippen molar-refractivity contribution in [3.63, 3.8) is 0 Å². The van der Waals surface area contributed by atoms with Crippen molar-refractivity contribution in [1.82, 2.24) is 10.3 Å². The number of anilines is 1. The van der Waals surface area contributed by atoms with Crippen LogP contribution >= 0.6 is 0 Å². The van der Waals surface area contributed by atoms with Crippen LogP contribution in [0.1, 0.15) is 43.6 Å². The van der Waals surface area contributed by atoms with E-state index in [0.29, 0.717) is 12.1 Å². The van der Waals surface area contributed by atoms with E-state index in [2.05, 4.69) is 42.9 Å². The Kier molecular flexibility index (Phi) is 5.56. The maximum atomic E-state index is 12.7. The van der Waals surface area contributed by atoms with Gasteiger partial charge in [0.25, 0.3) is 5.91 Å². The lowest BCUT2D eigenvalue weighted by Crippen LogP contribution is -2.45. The number of nitrogens with one attached hydrogen (secondary N) is 1. The van der Waals surface area contributed by atoms with E-state index in [4.69, 9.17) is 14.2 Å². The summed E-state index contributed by atoms with van der Waals surface area (Å²) in [5.41, 5.74) is 1.37. The minimum absolute atomic E-state index is 0.133. The molecule has 3 heterocycles. The fraction of sp³-hybridized carbons (Fsp3) is 0.478. The molecule has 1 aromatic heterocycles. The topological polar surface area (TPSA) is 72.9 Å². The summed E-state index contributed by atoms with van der Waals surface area (Å²) in [5.74, 6) is 2.24. The molecule has 30 heavy (non-hydrogen) atoms. The Morgan fingerprint density at radius 3 is 2.57 bits per heavy atom. The van der Waals surface area contributed by atoms with Crippen molar-refractivity contribution in [3.8, 4) is 11.5 Å². The molecule has 1 aromatic carbocycles. The molecule has 0 saturated carbocycles. The molecule has 7 nitrogen and oxygen atoms in total. The van der Waals surface area contributed by atoms with Crippen LogP contribution in [-0.4, -0.2) is 49.5 Å². The molecular formula is C23H29N3O4. The van der Waals surface area contributed by atoms with Crippen molar-refractivity contribution in [2.24, 2.45) is 0 Å². The SMILES string of the molecule is C[C@H]1CN(c2ccc(C(=O)NCC(C)(C)c3ccc4c(c3)OCO4)cn2)C[C@H](C)O1. The minimum atomic E-state index is -0.260. The van der Waals surface area contributed by atoms with Crippen molar-refractivity contribution in [2.45, 2.75) is 45.3 Å². The number of hydrogen-bond donors (Lipinski definition) is 1. The lowest BCUT2D eigenvalue weighted by Gasteiger charge is -2.36. The van der Waals surface area contributed by atoms with Gasteiger partial charge < -0.3 is 24.4 Å². The van der Waals surface area contributed by atoms with Crippen molar-refractivity contribution < 1.29 is 19.0 Å². The summed E-state index contributed by atoms with van der Waals surface area (Å²) in [5, 5.41) is 3.03. The van der Waals surface area contributed by atoms with Crippen LogP contribution in [0.4, 0.5) is 5.82 Å². The van der Waals surface area contributed by atoms with Crippen LogP contribution < -0.4 is 19.7 Å². The quantitative estimate of drug-likeness (QED) is 0.815. The summed E-state index contributed by atoms with van der Waals surface area (Å²) < 4.78 is 16.6. The van der Waals surface area contributed by atoms with Gasteiger partial charge in [-0.2, -0.15) is 0 Å². The third-order valence-electron chi connectivity index (χ3n) is 5.60. The first kappa shape index (κ1) is 20.5. The number of aromatic nitrogens is 1. The third-order valence-corrected chi connectivity index (χ3v) is 5.60. The van der Waals surface area contributed by atoms with Gasteiger partial charge in [-0.3, -0.25) is 4.79 Å². The highest BCUT2D eigenvalue weighted by Crippen LogP contribution is 2.36. The van der Waals surface area contributed by atoms with E-state index in [1.165, 1.54) is 0 Å². The molecule has 160 valence electrons. The number of carbonyl (C=O) groups is 1. The highest BCUT2D eigenvalue weighted by Gasteiger charge is 2.26. The number of ether oxygens (including phenoxy) is 3. The van der Waals surface area contributed by atoms with E-state index in [-0.39, 0.29) is 30.3 Å². The van der Waals surface area contributed by atoms with Crippen molar-refractivity contribution in [3.05, 3.63) is 47.7 Å². The van der Waals surface area contributed by atoms with Crippen LogP contribution in [0.5, 0.6) is 11.5 Å². The molecule has 2 atom stereocenters. The molecule has 0 unspecified atom stereocenters. The van der Waals surface area contributed by atoms with Gasteiger partial charge >= 0.3 is 0 Å². The van der Waals surface area contributed by atoms with E-state index in [1.807, 2.05) is 30.3 Å². The minimum Gasteiger partial charge on any atom is -0.454 e. The normalized spacial score (nSPS) is 20.9. The van der Waals surface area contributed by atoms with Gasteiger partial charge in [-0.1, -0.05) is 19.9 Å². The smallest absolute Gasteiger partial charge is 0.252 e. The summed E-state index contributed by atoms with van der Waals surface area (Å²) in [6.07, 6.45) is 1.97. The molecular weight excluding hydrogens is 382 g/mol. The fourth-order valence-electron chi connectivity index (χ4n) is 3.90. The number of hydrogen-bond acceptors (Lipinski definition) is 6. The molecule has 1 saturated heterocycles. The molecule has 7 heteroatoms. The van der Waals surface area contributed by atoms with Gasteiger partial charge in [0.2, 0.25) is 6.79 Å². The zero-order valence-electron chi connectivity index (χ0n) is 18.0. The number of nitrogens with zero attached hydrogens (tertiary/aromatic N) is 2. The molecule has 1 fully saturated rings. The van der Waals surface area contributed by atoms with Crippen LogP contribution in [-0.2, 0) is 10.2 Å².